The predicted octanol–water partition coefficient (Wildman–Crippen LogP) is 2.46. The maximum Gasteiger partial charge on any atom is 0.431 e. The van der Waals surface area contributed by atoms with Gasteiger partial charge in [-0.15, -0.1) is 0 Å². The van der Waals surface area contributed by atoms with Gasteiger partial charge in [0.1, 0.15) is 5.60 Å². The summed E-state index contributed by atoms with van der Waals surface area (Å²) < 4.78 is 5.05. The molecule has 0 fully saturated rings. The molecule has 0 bridgehead atoms. The fourth-order valence-corrected chi connectivity index (χ4v) is 2.15. The van der Waals surface area contributed by atoms with Crippen molar-refractivity contribution in [3.8, 4) is 0 Å². The van der Waals surface area contributed by atoms with Crippen LogP contribution >= 0.6 is 0 Å². The molecule has 0 spiro atoms. The Morgan fingerprint density at radius 2 is 1.56 bits per heavy atom. The molecule has 0 atom stereocenters. The minimum Gasteiger partial charge on any atom is -0.442 e. The van der Waals surface area contributed by atoms with Gasteiger partial charge in [-0.2, -0.15) is 5.48 Å². The molecule has 0 saturated heterocycles. The molecule has 2 heterocycles. The molecule has 2 rings (SSSR count). The molecule has 27 heavy (non-hydrogen) atoms. The van der Waals surface area contributed by atoms with Gasteiger partial charge < -0.3 is 9.64 Å². The number of hydrogen-bond acceptors (Lipinski definition) is 6. The maximum atomic E-state index is 12.6. The molecule has 8 heteroatoms. The van der Waals surface area contributed by atoms with Crippen molar-refractivity contribution < 1.29 is 19.2 Å². The molecule has 2 aromatic heterocycles. The third-order valence-corrected chi connectivity index (χ3v) is 3.26. The van der Waals surface area contributed by atoms with Gasteiger partial charge in [-0.05, 0) is 45.0 Å². The second-order valence-corrected chi connectivity index (χ2v) is 6.78. The summed E-state index contributed by atoms with van der Waals surface area (Å²) in [4.78, 5) is 39.2. The van der Waals surface area contributed by atoms with E-state index < -0.39 is 11.7 Å². The Balaban J connectivity index is 1.95. The van der Waals surface area contributed by atoms with E-state index in [1.165, 1.54) is 0 Å². The average Bonchev–Trinajstić information content (AvgIpc) is 2.61. The maximum absolute atomic E-state index is 12.6. The van der Waals surface area contributed by atoms with Gasteiger partial charge in [0.15, 0.2) is 6.61 Å². The second-order valence-electron chi connectivity index (χ2n) is 6.78. The molecular weight excluding hydrogens is 348 g/mol. The summed E-state index contributed by atoms with van der Waals surface area (Å²) in [7, 11) is 0. The number of aromatic nitrogens is 2. The lowest BCUT2D eigenvalue weighted by Crippen LogP contribution is -2.38. The molecule has 2 amide bonds. The Hall–Kier alpha value is -3.00. The largest absolute Gasteiger partial charge is 0.442 e. The number of ether oxygens (including phenoxy) is 1. The van der Waals surface area contributed by atoms with Gasteiger partial charge in [-0.25, -0.2) is 4.79 Å². The van der Waals surface area contributed by atoms with Crippen molar-refractivity contribution in [2.45, 2.75) is 39.5 Å². The SMILES string of the molecule is CC(C)(C)OC(=O)NOCC(=O)N(Cc1ccccn1)Cc1ccccn1. The van der Waals surface area contributed by atoms with Gasteiger partial charge in [0.25, 0.3) is 5.91 Å². The van der Waals surface area contributed by atoms with Crippen LogP contribution in [-0.4, -0.2) is 39.1 Å². The van der Waals surface area contributed by atoms with Gasteiger partial charge in [-0.1, -0.05) is 12.1 Å². The molecule has 0 aromatic carbocycles. The summed E-state index contributed by atoms with van der Waals surface area (Å²) >= 11 is 0. The van der Waals surface area contributed by atoms with Gasteiger partial charge in [-0.3, -0.25) is 19.6 Å². The second kappa shape index (κ2) is 9.63. The number of amides is 2. The first kappa shape index (κ1) is 20.3. The average molecular weight is 372 g/mol. The van der Waals surface area contributed by atoms with Gasteiger partial charge >= 0.3 is 6.09 Å². The number of carbonyl (C=O) groups excluding carboxylic acids is 2. The lowest BCUT2D eigenvalue weighted by atomic mass is 10.2. The van der Waals surface area contributed by atoms with Crippen LogP contribution in [0, 0.1) is 0 Å². The quantitative estimate of drug-likeness (QED) is 0.751. The molecule has 8 nitrogen and oxygen atoms in total. The van der Waals surface area contributed by atoms with Crippen molar-refractivity contribution >= 4 is 12.0 Å². The molecule has 2 aromatic rings. The first-order valence-electron chi connectivity index (χ1n) is 8.52. The summed E-state index contributed by atoms with van der Waals surface area (Å²) in [6.07, 6.45) is 2.58. The third-order valence-electron chi connectivity index (χ3n) is 3.26. The predicted molar refractivity (Wildman–Crippen MR) is 98.0 cm³/mol. The van der Waals surface area contributed by atoms with E-state index in [1.807, 2.05) is 36.4 Å². The van der Waals surface area contributed by atoms with Crippen molar-refractivity contribution in [2.24, 2.45) is 0 Å². The van der Waals surface area contributed by atoms with Crippen LogP contribution in [0.15, 0.2) is 48.8 Å². The van der Waals surface area contributed by atoms with Crippen molar-refractivity contribution in [2.75, 3.05) is 6.61 Å². The Morgan fingerprint density at radius 3 is 2.00 bits per heavy atom. The Labute approximate surface area is 158 Å². The monoisotopic (exact) mass is 372 g/mol. The number of rotatable bonds is 7. The third kappa shape index (κ3) is 7.83. The van der Waals surface area contributed by atoms with Crippen LogP contribution in [0.3, 0.4) is 0 Å². The highest BCUT2D eigenvalue weighted by atomic mass is 16.7. The number of nitrogens with one attached hydrogen (secondary N) is 1. The molecule has 0 unspecified atom stereocenters. The van der Waals surface area contributed by atoms with Crippen molar-refractivity contribution in [1.29, 1.82) is 0 Å². The summed E-state index contributed by atoms with van der Waals surface area (Å²) in [6.45, 7) is 5.47. The van der Waals surface area contributed by atoms with Crippen molar-refractivity contribution in [3.63, 3.8) is 0 Å². The van der Waals surface area contributed by atoms with Crippen LogP contribution in [0.25, 0.3) is 0 Å². The van der Waals surface area contributed by atoms with Crippen LogP contribution in [0.1, 0.15) is 32.2 Å². The highest BCUT2D eigenvalue weighted by molar-refractivity contribution is 5.77. The zero-order chi connectivity index (χ0) is 19.7. The van der Waals surface area contributed by atoms with Crippen molar-refractivity contribution in [3.05, 3.63) is 60.2 Å². The van der Waals surface area contributed by atoms with E-state index in [9.17, 15) is 9.59 Å². The lowest BCUT2D eigenvalue weighted by Gasteiger charge is -2.22. The number of hydrogen-bond donors (Lipinski definition) is 1. The van der Waals surface area contributed by atoms with Gasteiger partial charge in [0.05, 0.1) is 24.5 Å². The molecular formula is C19H24N4O4. The smallest absolute Gasteiger partial charge is 0.431 e. The number of pyridine rings is 2. The standard InChI is InChI=1S/C19H24N4O4/c1-19(2,3)27-18(25)22-26-14-17(24)23(12-15-8-4-6-10-20-15)13-16-9-5-7-11-21-16/h4-11H,12-14H2,1-3H3,(H,22,25). The fourth-order valence-electron chi connectivity index (χ4n) is 2.15. The normalized spacial score (nSPS) is 10.9. The summed E-state index contributed by atoms with van der Waals surface area (Å²) in [6, 6.07) is 11.0. The minimum absolute atomic E-state index is 0.298. The summed E-state index contributed by atoms with van der Waals surface area (Å²) in [5.74, 6) is -0.317. The Bertz CT molecular complexity index is 691. The molecule has 0 radical (unpaired) electrons. The molecule has 144 valence electrons. The Kier molecular flexibility index (Phi) is 7.25. The topological polar surface area (TPSA) is 93.6 Å². The van der Waals surface area contributed by atoms with Gasteiger partial charge in [0, 0.05) is 12.4 Å². The van der Waals surface area contributed by atoms with Crippen LogP contribution in [0.2, 0.25) is 0 Å². The van der Waals surface area contributed by atoms with E-state index in [1.54, 1.807) is 38.1 Å². The van der Waals surface area contributed by atoms with Crippen molar-refractivity contribution in [1.82, 2.24) is 20.3 Å². The minimum atomic E-state index is -0.753. The number of carbonyl (C=O) groups is 2. The molecule has 0 aliphatic heterocycles. The van der Waals surface area contributed by atoms with E-state index in [4.69, 9.17) is 9.57 Å². The summed E-state index contributed by atoms with van der Waals surface area (Å²) in [5, 5.41) is 0. The molecule has 0 aliphatic carbocycles. The Morgan fingerprint density at radius 1 is 1.00 bits per heavy atom. The van der Waals surface area contributed by atoms with Gasteiger partial charge in [0.2, 0.25) is 0 Å². The highest BCUT2D eigenvalue weighted by Crippen LogP contribution is 2.08. The van der Waals surface area contributed by atoms with E-state index in [0.29, 0.717) is 13.1 Å². The molecule has 0 saturated carbocycles. The number of nitrogens with zero attached hydrogens (tertiary/aromatic N) is 3. The van der Waals surface area contributed by atoms with E-state index in [0.717, 1.165) is 11.4 Å². The first-order chi connectivity index (χ1) is 12.8. The fraction of sp³-hybridized carbons (Fsp3) is 0.368. The lowest BCUT2D eigenvalue weighted by molar-refractivity contribution is -0.140. The van der Waals surface area contributed by atoms with E-state index in [2.05, 4.69) is 15.4 Å². The van der Waals surface area contributed by atoms with Crippen LogP contribution in [-0.2, 0) is 27.5 Å². The first-order valence-corrected chi connectivity index (χ1v) is 8.52. The van der Waals surface area contributed by atoms with Crippen LogP contribution in [0.5, 0.6) is 0 Å². The summed E-state index contributed by atoms with van der Waals surface area (Å²) in [5.41, 5.74) is 2.94. The van der Waals surface area contributed by atoms with E-state index in [-0.39, 0.29) is 12.5 Å². The zero-order valence-corrected chi connectivity index (χ0v) is 15.7. The van der Waals surface area contributed by atoms with Crippen LogP contribution < -0.4 is 5.48 Å². The zero-order valence-electron chi connectivity index (χ0n) is 15.7. The number of hydroxylamine groups is 1. The van der Waals surface area contributed by atoms with Crippen LogP contribution in [0.4, 0.5) is 4.79 Å². The highest BCUT2D eigenvalue weighted by Gasteiger charge is 2.19. The molecule has 0 aliphatic rings. The van der Waals surface area contributed by atoms with E-state index >= 15 is 0 Å². The molecule has 1 N–H and O–H groups in total.